The number of rotatable bonds is 7. The zero-order valence-electron chi connectivity index (χ0n) is 15.9. The van der Waals surface area contributed by atoms with Crippen LogP contribution in [0.15, 0.2) is 52.1 Å². The van der Waals surface area contributed by atoms with Crippen LogP contribution in [0.3, 0.4) is 0 Å². The quantitative estimate of drug-likeness (QED) is 0.242. The minimum atomic E-state index is -0.0588. The molecule has 0 aliphatic carbocycles. The largest absolute Gasteiger partial charge is 0.356 e. The molecule has 1 aromatic carbocycles. The number of aliphatic imine (C=N–C) groups is 1. The van der Waals surface area contributed by atoms with E-state index in [1.807, 2.05) is 44.6 Å². The van der Waals surface area contributed by atoms with E-state index in [-0.39, 0.29) is 29.9 Å². The molecule has 27 heavy (non-hydrogen) atoms. The van der Waals surface area contributed by atoms with E-state index in [0.717, 1.165) is 29.9 Å². The van der Waals surface area contributed by atoms with E-state index in [1.54, 1.807) is 13.1 Å². The molecule has 0 fully saturated rings. The average molecular weight is 548 g/mol. The number of benzene rings is 1. The van der Waals surface area contributed by atoms with Crippen LogP contribution < -0.4 is 10.6 Å². The maximum Gasteiger partial charge on any atom is 0.251 e. The molecule has 2 rings (SSSR count). The summed E-state index contributed by atoms with van der Waals surface area (Å²) in [7, 11) is 5.82. The van der Waals surface area contributed by atoms with Crippen LogP contribution >= 0.6 is 39.9 Å². The topological polar surface area (TPSA) is 61.7 Å². The summed E-state index contributed by atoms with van der Waals surface area (Å²) >= 11 is 3.38. The van der Waals surface area contributed by atoms with Crippen LogP contribution in [0.1, 0.15) is 22.5 Å². The van der Waals surface area contributed by atoms with Crippen molar-refractivity contribution in [2.45, 2.75) is 13.0 Å². The number of hydrogen-bond donors (Lipinski definition) is 2. The number of nitrogens with one attached hydrogen (secondary N) is 2. The van der Waals surface area contributed by atoms with Crippen LogP contribution in [0, 0.1) is 0 Å². The Morgan fingerprint density at radius 1 is 1.22 bits per heavy atom. The number of nitrogens with zero attached hydrogens (tertiary/aromatic N) is 3. The Kier molecular flexibility index (Phi) is 10.5. The number of amides is 1. The minimum Gasteiger partial charge on any atom is -0.356 e. The first kappa shape index (κ1) is 23.5. The van der Waals surface area contributed by atoms with Crippen molar-refractivity contribution in [3.8, 4) is 0 Å². The third kappa shape index (κ3) is 7.53. The van der Waals surface area contributed by atoms with Gasteiger partial charge in [-0.3, -0.25) is 9.79 Å². The molecule has 1 heterocycles. The van der Waals surface area contributed by atoms with E-state index >= 15 is 0 Å². The molecule has 1 amide bonds. The lowest BCUT2D eigenvalue weighted by molar-refractivity contribution is 0.0953. The fraction of sp³-hybridized carbons (Fsp3) is 0.368. The highest BCUT2D eigenvalue weighted by atomic mass is 127. The Morgan fingerprint density at radius 2 is 1.96 bits per heavy atom. The van der Waals surface area contributed by atoms with E-state index < -0.39 is 0 Å². The SMILES string of the molecule is CN=C(NCCCNC(=O)c1cccc(Br)c1)N(C)Cc1cccn1C.I. The van der Waals surface area contributed by atoms with Gasteiger partial charge >= 0.3 is 0 Å². The first-order chi connectivity index (χ1) is 12.5. The Balaban J connectivity index is 0.00000364. The summed E-state index contributed by atoms with van der Waals surface area (Å²) in [6, 6.07) is 11.5. The van der Waals surface area contributed by atoms with Gasteiger partial charge in [0.1, 0.15) is 0 Å². The minimum absolute atomic E-state index is 0. The summed E-state index contributed by atoms with van der Waals surface area (Å²) in [5, 5.41) is 6.27. The molecular weight excluding hydrogens is 521 g/mol. The van der Waals surface area contributed by atoms with Gasteiger partial charge in [0, 0.05) is 56.2 Å². The molecule has 2 N–H and O–H groups in total. The van der Waals surface area contributed by atoms with Crippen molar-refractivity contribution < 1.29 is 4.79 Å². The zero-order valence-corrected chi connectivity index (χ0v) is 19.8. The van der Waals surface area contributed by atoms with Crippen molar-refractivity contribution in [2.24, 2.45) is 12.0 Å². The van der Waals surface area contributed by atoms with E-state index in [0.29, 0.717) is 12.1 Å². The molecule has 0 aliphatic heterocycles. The van der Waals surface area contributed by atoms with E-state index in [4.69, 9.17) is 0 Å². The number of halogens is 2. The Bertz CT molecular complexity index is 762. The van der Waals surface area contributed by atoms with Gasteiger partial charge in [-0.25, -0.2) is 0 Å². The summed E-state index contributed by atoms with van der Waals surface area (Å²) < 4.78 is 3.00. The Hall–Kier alpha value is -1.55. The summed E-state index contributed by atoms with van der Waals surface area (Å²) in [5.41, 5.74) is 1.88. The summed E-state index contributed by atoms with van der Waals surface area (Å²) in [4.78, 5) is 18.5. The number of carbonyl (C=O) groups excluding carboxylic acids is 1. The van der Waals surface area contributed by atoms with Crippen LogP contribution in [0.25, 0.3) is 0 Å². The van der Waals surface area contributed by atoms with E-state index in [1.165, 1.54) is 5.69 Å². The van der Waals surface area contributed by atoms with Crippen molar-refractivity contribution in [1.29, 1.82) is 0 Å². The molecule has 0 bridgehead atoms. The molecule has 8 heteroatoms. The molecule has 0 atom stereocenters. The molecule has 0 saturated heterocycles. The van der Waals surface area contributed by atoms with Gasteiger partial charge in [0.2, 0.25) is 0 Å². The lowest BCUT2D eigenvalue weighted by atomic mass is 10.2. The zero-order chi connectivity index (χ0) is 18.9. The molecule has 0 unspecified atom stereocenters. The van der Waals surface area contributed by atoms with Crippen molar-refractivity contribution in [2.75, 3.05) is 27.2 Å². The number of guanidine groups is 1. The second kappa shape index (κ2) is 12.0. The lowest BCUT2D eigenvalue weighted by Gasteiger charge is -2.22. The predicted octanol–water partition coefficient (Wildman–Crippen LogP) is 3.23. The van der Waals surface area contributed by atoms with Crippen LogP contribution in [-0.4, -0.2) is 48.5 Å². The monoisotopic (exact) mass is 547 g/mol. The maximum absolute atomic E-state index is 12.1. The molecule has 0 saturated carbocycles. The van der Waals surface area contributed by atoms with Gasteiger partial charge in [-0.2, -0.15) is 0 Å². The van der Waals surface area contributed by atoms with Crippen molar-refractivity contribution in [1.82, 2.24) is 20.1 Å². The van der Waals surface area contributed by atoms with Crippen LogP contribution in [0.5, 0.6) is 0 Å². The second-order valence-corrected chi connectivity index (χ2v) is 6.98. The molecule has 148 valence electrons. The number of hydrogen-bond acceptors (Lipinski definition) is 2. The first-order valence-corrected chi connectivity index (χ1v) is 9.36. The molecule has 0 spiro atoms. The third-order valence-corrected chi connectivity index (χ3v) is 4.53. The molecule has 0 aliphatic rings. The van der Waals surface area contributed by atoms with Gasteiger partial charge in [-0.15, -0.1) is 24.0 Å². The first-order valence-electron chi connectivity index (χ1n) is 8.57. The molecule has 1 aromatic heterocycles. The fourth-order valence-corrected chi connectivity index (χ4v) is 2.98. The molecule has 0 radical (unpaired) electrons. The standard InChI is InChI=1S/C19H26BrN5O.HI/c1-21-19(25(3)14-17-9-5-12-24(17)2)23-11-6-10-22-18(26)15-7-4-8-16(20)13-15;/h4-5,7-9,12-13H,6,10-11,14H2,1-3H3,(H,21,23)(H,22,26);1H. The van der Waals surface area contributed by atoms with Crippen LogP contribution in [0.2, 0.25) is 0 Å². The summed E-state index contributed by atoms with van der Waals surface area (Å²) in [6.45, 7) is 2.13. The van der Waals surface area contributed by atoms with Gasteiger partial charge < -0.3 is 20.1 Å². The highest BCUT2D eigenvalue weighted by Crippen LogP contribution is 2.11. The van der Waals surface area contributed by atoms with Gasteiger partial charge in [-0.1, -0.05) is 22.0 Å². The van der Waals surface area contributed by atoms with E-state index in [9.17, 15) is 4.79 Å². The third-order valence-electron chi connectivity index (χ3n) is 4.03. The fourth-order valence-electron chi connectivity index (χ4n) is 2.59. The maximum atomic E-state index is 12.1. The normalized spacial score (nSPS) is 10.9. The highest BCUT2D eigenvalue weighted by Gasteiger charge is 2.08. The summed E-state index contributed by atoms with van der Waals surface area (Å²) in [5.74, 6) is 0.779. The lowest BCUT2D eigenvalue weighted by Crippen LogP contribution is -2.40. The van der Waals surface area contributed by atoms with Crippen molar-refractivity contribution in [3.63, 3.8) is 0 Å². The Labute approximate surface area is 186 Å². The van der Waals surface area contributed by atoms with Gasteiger partial charge in [0.15, 0.2) is 5.96 Å². The van der Waals surface area contributed by atoms with Crippen molar-refractivity contribution in [3.05, 3.63) is 58.3 Å². The average Bonchev–Trinajstić information content (AvgIpc) is 3.02. The smallest absolute Gasteiger partial charge is 0.251 e. The molecule has 6 nitrogen and oxygen atoms in total. The van der Waals surface area contributed by atoms with Crippen LogP contribution in [-0.2, 0) is 13.6 Å². The van der Waals surface area contributed by atoms with Crippen molar-refractivity contribution >= 4 is 51.8 Å². The molecular formula is C19H27BrIN5O. The number of aromatic nitrogens is 1. The van der Waals surface area contributed by atoms with Gasteiger partial charge in [-0.05, 0) is 36.8 Å². The van der Waals surface area contributed by atoms with E-state index in [2.05, 4.69) is 47.1 Å². The van der Waals surface area contributed by atoms with Gasteiger partial charge in [0.25, 0.3) is 5.91 Å². The number of carbonyl (C=O) groups is 1. The summed E-state index contributed by atoms with van der Waals surface area (Å²) in [6.07, 6.45) is 2.85. The van der Waals surface area contributed by atoms with Gasteiger partial charge in [0.05, 0.1) is 6.54 Å². The predicted molar refractivity (Wildman–Crippen MR) is 125 cm³/mol. The Morgan fingerprint density at radius 3 is 2.59 bits per heavy atom. The molecule has 2 aromatic rings. The van der Waals surface area contributed by atoms with Crippen LogP contribution in [0.4, 0.5) is 0 Å². The number of aryl methyl sites for hydroxylation is 1. The highest BCUT2D eigenvalue weighted by molar-refractivity contribution is 14.0. The second-order valence-electron chi connectivity index (χ2n) is 6.06.